The van der Waals surface area contributed by atoms with Crippen molar-refractivity contribution in [1.29, 1.82) is 0 Å². The Morgan fingerprint density at radius 3 is 3.33 bits per heavy atom. The zero-order valence-corrected chi connectivity index (χ0v) is 10.2. The monoisotopic (exact) mass is 245 g/mol. The number of aromatic nitrogens is 3. The van der Waals surface area contributed by atoms with E-state index in [1.165, 1.54) is 0 Å². The van der Waals surface area contributed by atoms with Gasteiger partial charge in [-0.25, -0.2) is 9.97 Å². The second-order valence-corrected chi connectivity index (χ2v) is 4.57. The molecule has 1 aliphatic heterocycles. The molecule has 6 nitrogen and oxygen atoms in total. The second-order valence-electron chi connectivity index (χ2n) is 4.57. The van der Waals surface area contributed by atoms with Crippen LogP contribution >= 0.6 is 0 Å². The average Bonchev–Trinajstić information content (AvgIpc) is 2.95. The van der Waals surface area contributed by atoms with E-state index < -0.39 is 0 Å². The van der Waals surface area contributed by atoms with Crippen molar-refractivity contribution in [3.8, 4) is 0 Å². The van der Waals surface area contributed by atoms with Crippen molar-refractivity contribution >= 4 is 22.9 Å². The molecule has 3 rings (SSSR count). The van der Waals surface area contributed by atoms with Crippen LogP contribution in [0.2, 0.25) is 0 Å². The fraction of sp³-hybridized carbons (Fsp3) is 0.417. The summed E-state index contributed by atoms with van der Waals surface area (Å²) in [6.45, 7) is 3.24. The van der Waals surface area contributed by atoms with Crippen molar-refractivity contribution in [3.63, 3.8) is 0 Å². The highest BCUT2D eigenvalue weighted by atomic mass is 16.1. The SMILES string of the molecule is CC(=O)NC1CCN(c2cnc3[nH]ccc3n2)C1. The smallest absolute Gasteiger partial charge is 0.217 e. The van der Waals surface area contributed by atoms with Gasteiger partial charge in [-0.15, -0.1) is 0 Å². The number of anilines is 1. The quantitative estimate of drug-likeness (QED) is 0.815. The van der Waals surface area contributed by atoms with Gasteiger partial charge in [0.15, 0.2) is 5.65 Å². The van der Waals surface area contributed by atoms with Crippen LogP contribution in [-0.4, -0.2) is 40.0 Å². The van der Waals surface area contributed by atoms with Crippen LogP contribution in [0.1, 0.15) is 13.3 Å². The van der Waals surface area contributed by atoms with Gasteiger partial charge in [-0.05, 0) is 12.5 Å². The first-order chi connectivity index (χ1) is 8.72. The zero-order chi connectivity index (χ0) is 12.5. The van der Waals surface area contributed by atoms with Gasteiger partial charge >= 0.3 is 0 Å². The Kier molecular flexibility index (Phi) is 2.62. The fourth-order valence-corrected chi connectivity index (χ4v) is 2.35. The standard InChI is InChI=1S/C12H15N5O/c1-8(18)15-9-3-5-17(7-9)11-6-14-12-10(16-11)2-4-13-12/h2,4,6,9H,3,5,7H2,1H3,(H,13,14)(H,15,18). The van der Waals surface area contributed by atoms with E-state index in [1.807, 2.05) is 12.3 Å². The number of hydrogen-bond acceptors (Lipinski definition) is 4. The van der Waals surface area contributed by atoms with E-state index in [9.17, 15) is 4.79 Å². The van der Waals surface area contributed by atoms with Gasteiger partial charge in [0.2, 0.25) is 5.91 Å². The second kappa shape index (κ2) is 4.29. The fourth-order valence-electron chi connectivity index (χ4n) is 2.35. The first-order valence-corrected chi connectivity index (χ1v) is 6.04. The van der Waals surface area contributed by atoms with E-state index in [4.69, 9.17) is 0 Å². The lowest BCUT2D eigenvalue weighted by Gasteiger charge is -2.17. The number of fused-ring (bicyclic) bond motifs is 1. The molecular formula is C12H15N5O. The van der Waals surface area contributed by atoms with E-state index >= 15 is 0 Å². The number of carbonyl (C=O) groups is 1. The Morgan fingerprint density at radius 1 is 1.61 bits per heavy atom. The highest BCUT2D eigenvalue weighted by Gasteiger charge is 2.24. The average molecular weight is 245 g/mol. The Balaban J connectivity index is 1.77. The summed E-state index contributed by atoms with van der Waals surface area (Å²) in [7, 11) is 0. The summed E-state index contributed by atoms with van der Waals surface area (Å²) in [5, 5.41) is 2.94. The molecule has 6 heteroatoms. The van der Waals surface area contributed by atoms with Crippen LogP contribution in [0.25, 0.3) is 11.2 Å². The maximum absolute atomic E-state index is 11.0. The molecule has 0 aromatic carbocycles. The predicted octanol–water partition coefficient (Wildman–Crippen LogP) is 0.673. The predicted molar refractivity (Wildman–Crippen MR) is 68.3 cm³/mol. The van der Waals surface area contributed by atoms with Gasteiger partial charge in [0.05, 0.1) is 6.20 Å². The number of H-pyrrole nitrogens is 1. The van der Waals surface area contributed by atoms with E-state index in [0.29, 0.717) is 0 Å². The van der Waals surface area contributed by atoms with Crippen molar-refractivity contribution in [1.82, 2.24) is 20.3 Å². The molecule has 0 radical (unpaired) electrons. The first kappa shape index (κ1) is 11.0. The highest BCUT2D eigenvalue weighted by molar-refractivity contribution is 5.74. The van der Waals surface area contributed by atoms with Crippen molar-refractivity contribution in [2.45, 2.75) is 19.4 Å². The van der Waals surface area contributed by atoms with Crippen LogP contribution in [-0.2, 0) is 4.79 Å². The maximum atomic E-state index is 11.0. The Hall–Kier alpha value is -2.11. The number of rotatable bonds is 2. The van der Waals surface area contributed by atoms with Crippen LogP contribution in [0, 0.1) is 0 Å². The van der Waals surface area contributed by atoms with Crippen molar-refractivity contribution in [3.05, 3.63) is 18.5 Å². The summed E-state index contributed by atoms with van der Waals surface area (Å²) in [5.41, 5.74) is 1.67. The number of carbonyl (C=O) groups excluding carboxylic acids is 1. The third-order valence-electron chi connectivity index (χ3n) is 3.17. The summed E-state index contributed by atoms with van der Waals surface area (Å²) in [5.74, 6) is 0.893. The number of amides is 1. The van der Waals surface area contributed by atoms with Gasteiger partial charge in [0, 0.05) is 32.3 Å². The molecule has 0 saturated carbocycles. The van der Waals surface area contributed by atoms with Gasteiger partial charge in [-0.3, -0.25) is 4.79 Å². The van der Waals surface area contributed by atoms with Gasteiger partial charge in [-0.1, -0.05) is 0 Å². The van der Waals surface area contributed by atoms with E-state index in [2.05, 4.69) is 25.2 Å². The molecule has 2 aromatic heterocycles. The van der Waals surface area contributed by atoms with Gasteiger partial charge in [-0.2, -0.15) is 0 Å². The minimum atomic E-state index is 0.0222. The Labute approximate surface area is 104 Å². The minimum Gasteiger partial charge on any atom is -0.353 e. The lowest BCUT2D eigenvalue weighted by molar-refractivity contribution is -0.119. The molecule has 1 atom stereocenters. The highest BCUT2D eigenvalue weighted by Crippen LogP contribution is 2.19. The molecule has 1 amide bonds. The molecule has 0 bridgehead atoms. The van der Waals surface area contributed by atoms with Crippen LogP contribution < -0.4 is 10.2 Å². The van der Waals surface area contributed by atoms with Crippen LogP contribution in [0.5, 0.6) is 0 Å². The topological polar surface area (TPSA) is 73.9 Å². The molecule has 1 unspecified atom stereocenters. The maximum Gasteiger partial charge on any atom is 0.217 e. The molecule has 1 saturated heterocycles. The summed E-state index contributed by atoms with van der Waals surface area (Å²) >= 11 is 0. The lowest BCUT2D eigenvalue weighted by Crippen LogP contribution is -2.35. The largest absolute Gasteiger partial charge is 0.353 e. The van der Waals surface area contributed by atoms with Crippen molar-refractivity contribution < 1.29 is 4.79 Å². The molecule has 94 valence electrons. The zero-order valence-electron chi connectivity index (χ0n) is 10.2. The summed E-state index contributed by atoms with van der Waals surface area (Å²) < 4.78 is 0. The normalized spacial score (nSPS) is 19.4. The van der Waals surface area contributed by atoms with E-state index in [-0.39, 0.29) is 11.9 Å². The van der Waals surface area contributed by atoms with Crippen molar-refractivity contribution in [2.75, 3.05) is 18.0 Å². The molecule has 1 aliphatic rings. The molecule has 0 aliphatic carbocycles. The number of aromatic amines is 1. The first-order valence-electron chi connectivity index (χ1n) is 6.04. The van der Waals surface area contributed by atoms with Crippen LogP contribution in [0.15, 0.2) is 18.5 Å². The van der Waals surface area contributed by atoms with E-state index in [0.717, 1.165) is 36.5 Å². The Morgan fingerprint density at radius 2 is 2.50 bits per heavy atom. The number of nitrogens with one attached hydrogen (secondary N) is 2. The Bertz CT molecular complexity index is 579. The summed E-state index contributed by atoms with van der Waals surface area (Å²) in [6, 6.07) is 2.12. The molecular weight excluding hydrogens is 230 g/mol. The van der Waals surface area contributed by atoms with E-state index in [1.54, 1.807) is 13.1 Å². The lowest BCUT2D eigenvalue weighted by atomic mass is 10.3. The van der Waals surface area contributed by atoms with Gasteiger partial charge in [0.25, 0.3) is 0 Å². The summed E-state index contributed by atoms with van der Waals surface area (Å²) in [6.07, 6.45) is 4.56. The van der Waals surface area contributed by atoms with Crippen LogP contribution in [0.3, 0.4) is 0 Å². The number of nitrogens with zero attached hydrogens (tertiary/aromatic N) is 3. The molecule has 18 heavy (non-hydrogen) atoms. The van der Waals surface area contributed by atoms with Gasteiger partial charge in [0.1, 0.15) is 11.3 Å². The number of hydrogen-bond donors (Lipinski definition) is 2. The molecule has 3 heterocycles. The summed E-state index contributed by atoms with van der Waals surface area (Å²) in [4.78, 5) is 25.1. The molecule has 0 spiro atoms. The molecule has 2 N–H and O–H groups in total. The van der Waals surface area contributed by atoms with Gasteiger partial charge < -0.3 is 15.2 Å². The minimum absolute atomic E-state index is 0.0222. The van der Waals surface area contributed by atoms with Crippen LogP contribution in [0.4, 0.5) is 5.82 Å². The van der Waals surface area contributed by atoms with Crippen molar-refractivity contribution in [2.24, 2.45) is 0 Å². The third kappa shape index (κ3) is 2.01. The molecule has 2 aromatic rings. The molecule has 1 fully saturated rings. The third-order valence-corrected chi connectivity index (χ3v) is 3.17.